The van der Waals surface area contributed by atoms with Crippen LogP contribution in [-0.4, -0.2) is 41.6 Å². The maximum atomic E-state index is 12.9. The van der Waals surface area contributed by atoms with E-state index in [9.17, 15) is 14.4 Å². The van der Waals surface area contributed by atoms with Gasteiger partial charge in [0.15, 0.2) is 0 Å². The molecule has 1 aliphatic heterocycles. The van der Waals surface area contributed by atoms with Gasteiger partial charge in [-0.05, 0) is 34.9 Å². The van der Waals surface area contributed by atoms with E-state index in [0.717, 1.165) is 16.7 Å². The third-order valence-corrected chi connectivity index (χ3v) is 5.13. The van der Waals surface area contributed by atoms with E-state index < -0.39 is 0 Å². The molecule has 0 aromatic heterocycles. The minimum atomic E-state index is -0.320. The average Bonchev–Trinajstić information content (AvgIpc) is 2.73. The van der Waals surface area contributed by atoms with Gasteiger partial charge in [0.05, 0.1) is 12.5 Å². The first-order chi connectivity index (χ1) is 13.9. The van der Waals surface area contributed by atoms with Gasteiger partial charge < -0.3 is 15.1 Å². The van der Waals surface area contributed by atoms with E-state index in [4.69, 9.17) is 0 Å². The molecule has 3 rings (SSSR count). The summed E-state index contributed by atoms with van der Waals surface area (Å²) in [5.41, 5.74) is 3.51. The summed E-state index contributed by atoms with van der Waals surface area (Å²) in [6.45, 7) is 1.94. The Hall–Kier alpha value is -3.41. The van der Waals surface area contributed by atoms with Gasteiger partial charge in [0.25, 0.3) is 5.91 Å². The summed E-state index contributed by atoms with van der Waals surface area (Å²) in [6.07, 6.45) is 3.85. The van der Waals surface area contributed by atoms with Gasteiger partial charge in [-0.15, -0.1) is 0 Å². The van der Waals surface area contributed by atoms with Crippen molar-refractivity contribution in [3.8, 4) is 0 Å². The van der Waals surface area contributed by atoms with Crippen LogP contribution in [0.1, 0.15) is 46.4 Å². The Morgan fingerprint density at radius 2 is 1.76 bits per heavy atom. The van der Waals surface area contributed by atoms with E-state index >= 15 is 0 Å². The van der Waals surface area contributed by atoms with Crippen molar-refractivity contribution < 1.29 is 14.4 Å². The molecule has 0 spiro atoms. The highest BCUT2D eigenvalue weighted by atomic mass is 16.2. The number of rotatable bonds is 5. The van der Waals surface area contributed by atoms with Crippen molar-refractivity contribution in [1.29, 1.82) is 0 Å². The molecule has 0 fully saturated rings. The number of carbonyl (C=O) groups is 3. The summed E-state index contributed by atoms with van der Waals surface area (Å²) >= 11 is 0. The molecule has 0 bridgehead atoms. The van der Waals surface area contributed by atoms with Crippen molar-refractivity contribution in [1.82, 2.24) is 15.1 Å². The van der Waals surface area contributed by atoms with Crippen LogP contribution in [0.2, 0.25) is 0 Å². The fourth-order valence-electron chi connectivity index (χ4n) is 3.50. The summed E-state index contributed by atoms with van der Waals surface area (Å²) in [4.78, 5) is 39.9. The van der Waals surface area contributed by atoms with Crippen molar-refractivity contribution in [2.75, 3.05) is 14.1 Å². The normalized spacial score (nSPS) is 14.9. The van der Waals surface area contributed by atoms with Crippen LogP contribution in [0, 0.1) is 0 Å². The number of fused-ring (bicyclic) bond motifs is 1. The molecular weight excluding hydrogens is 366 g/mol. The minimum absolute atomic E-state index is 0.0540. The van der Waals surface area contributed by atoms with Crippen LogP contribution in [0.15, 0.2) is 54.7 Å². The summed E-state index contributed by atoms with van der Waals surface area (Å²) in [5, 5.41) is 2.59. The van der Waals surface area contributed by atoms with Gasteiger partial charge in [0.1, 0.15) is 0 Å². The summed E-state index contributed by atoms with van der Waals surface area (Å²) < 4.78 is 0. The third kappa shape index (κ3) is 4.54. The molecule has 6 heteroatoms. The Morgan fingerprint density at radius 3 is 2.41 bits per heavy atom. The van der Waals surface area contributed by atoms with Crippen LogP contribution < -0.4 is 5.32 Å². The summed E-state index contributed by atoms with van der Waals surface area (Å²) in [5.74, 6) is -0.294. The van der Waals surface area contributed by atoms with Crippen LogP contribution >= 0.6 is 0 Å². The maximum absolute atomic E-state index is 12.9. The number of nitrogens with zero attached hydrogens (tertiary/aromatic N) is 2. The predicted octanol–water partition coefficient (Wildman–Crippen LogP) is 2.97. The molecule has 150 valence electrons. The van der Waals surface area contributed by atoms with Gasteiger partial charge in [0.2, 0.25) is 11.8 Å². The van der Waals surface area contributed by atoms with Crippen LogP contribution in [0.4, 0.5) is 0 Å². The molecule has 0 radical (unpaired) electrons. The van der Waals surface area contributed by atoms with Crippen molar-refractivity contribution in [3.05, 3.63) is 77.0 Å². The number of nitrogens with one attached hydrogen (secondary N) is 1. The molecule has 0 aliphatic carbocycles. The summed E-state index contributed by atoms with van der Waals surface area (Å²) in [6, 6.07) is 14.7. The third-order valence-electron chi connectivity index (χ3n) is 5.13. The zero-order valence-corrected chi connectivity index (χ0v) is 16.9. The smallest absolute Gasteiger partial charge is 0.251 e. The zero-order chi connectivity index (χ0) is 21.0. The topological polar surface area (TPSA) is 69.7 Å². The van der Waals surface area contributed by atoms with Gasteiger partial charge in [-0.2, -0.15) is 0 Å². The van der Waals surface area contributed by atoms with Crippen LogP contribution in [0.3, 0.4) is 0 Å². The highest BCUT2D eigenvalue weighted by Crippen LogP contribution is 2.33. The van der Waals surface area contributed by atoms with E-state index in [0.29, 0.717) is 12.1 Å². The van der Waals surface area contributed by atoms with Gasteiger partial charge in [-0.1, -0.05) is 36.4 Å². The van der Waals surface area contributed by atoms with E-state index in [1.165, 1.54) is 6.92 Å². The van der Waals surface area contributed by atoms with Gasteiger partial charge in [-0.3, -0.25) is 14.4 Å². The molecule has 1 heterocycles. The van der Waals surface area contributed by atoms with Crippen molar-refractivity contribution >= 4 is 23.8 Å². The van der Waals surface area contributed by atoms with E-state index in [-0.39, 0.29) is 30.2 Å². The molecule has 0 unspecified atom stereocenters. The lowest BCUT2D eigenvalue weighted by atomic mass is 9.93. The van der Waals surface area contributed by atoms with Crippen LogP contribution in [0.5, 0.6) is 0 Å². The van der Waals surface area contributed by atoms with Crippen molar-refractivity contribution in [2.24, 2.45) is 0 Å². The highest BCUT2D eigenvalue weighted by Gasteiger charge is 2.29. The van der Waals surface area contributed by atoms with Gasteiger partial charge in [0, 0.05) is 39.3 Å². The number of hydrogen-bond acceptors (Lipinski definition) is 3. The largest absolute Gasteiger partial charge is 0.355 e. The molecule has 1 aliphatic rings. The van der Waals surface area contributed by atoms with Crippen LogP contribution in [-0.2, 0) is 16.1 Å². The van der Waals surface area contributed by atoms with E-state index in [1.807, 2.05) is 42.5 Å². The molecule has 29 heavy (non-hydrogen) atoms. The SMILES string of the molecule is CNC(=O)c1ccc(CN(C)C(=O)C[C@@H]2c3ccccc3C=CN2C(C)=O)cc1. The molecular formula is C23H25N3O3. The Bertz CT molecular complexity index is 950. The lowest BCUT2D eigenvalue weighted by Gasteiger charge is -2.33. The predicted molar refractivity (Wildman–Crippen MR) is 112 cm³/mol. The first kappa shape index (κ1) is 20.3. The number of carbonyl (C=O) groups excluding carboxylic acids is 3. The monoisotopic (exact) mass is 391 g/mol. The molecule has 2 aromatic rings. The molecule has 0 saturated heterocycles. The van der Waals surface area contributed by atoms with Gasteiger partial charge in [-0.25, -0.2) is 0 Å². The van der Waals surface area contributed by atoms with Gasteiger partial charge >= 0.3 is 0 Å². The quantitative estimate of drug-likeness (QED) is 0.852. The molecule has 1 atom stereocenters. The second-order valence-corrected chi connectivity index (χ2v) is 7.12. The lowest BCUT2D eigenvalue weighted by molar-refractivity contribution is -0.134. The standard InChI is InChI=1S/C23H25N3O3/c1-16(27)26-13-12-18-6-4-5-7-20(18)21(26)14-22(28)25(3)15-17-8-10-19(11-9-17)23(29)24-2/h4-13,21H,14-15H2,1-3H3,(H,24,29)/t21-/m1/s1. The van der Waals surface area contributed by atoms with E-state index in [1.54, 1.807) is 42.2 Å². The fourth-order valence-corrected chi connectivity index (χ4v) is 3.50. The number of amides is 3. The fraction of sp³-hybridized carbons (Fsp3) is 0.261. The average molecular weight is 391 g/mol. The molecule has 1 N–H and O–H groups in total. The molecule has 0 saturated carbocycles. The lowest BCUT2D eigenvalue weighted by Crippen LogP contribution is -2.35. The van der Waals surface area contributed by atoms with Crippen molar-refractivity contribution in [2.45, 2.75) is 25.9 Å². The second kappa shape index (κ2) is 8.73. The Morgan fingerprint density at radius 1 is 1.07 bits per heavy atom. The zero-order valence-electron chi connectivity index (χ0n) is 16.9. The maximum Gasteiger partial charge on any atom is 0.251 e. The van der Waals surface area contributed by atoms with Crippen molar-refractivity contribution in [3.63, 3.8) is 0 Å². The first-order valence-corrected chi connectivity index (χ1v) is 9.51. The highest BCUT2D eigenvalue weighted by molar-refractivity contribution is 5.94. The molecule has 2 aromatic carbocycles. The van der Waals surface area contributed by atoms with E-state index in [2.05, 4.69) is 5.32 Å². The first-order valence-electron chi connectivity index (χ1n) is 9.51. The number of benzene rings is 2. The Labute approximate surface area is 170 Å². The summed E-state index contributed by atoms with van der Waals surface area (Å²) in [7, 11) is 3.34. The second-order valence-electron chi connectivity index (χ2n) is 7.12. The number of hydrogen-bond donors (Lipinski definition) is 1. The Balaban J connectivity index is 1.72. The Kier molecular flexibility index (Phi) is 6.12. The molecule has 3 amide bonds. The minimum Gasteiger partial charge on any atom is -0.355 e. The van der Waals surface area contributed by atoms with Crippen LogP contribution in [0.25, 0.3) is 6.08 Å². The molecule has 6 nitrogen and oxygen atoms in total.